The van der Waals surface area contributed by atoms with Crippen LogP contribution in [0.2, 0.25) is 0 Å². The van der Waals surface area contributed by atoms with Gasteiger partial charge in [-0.15, -0.1) is 0 Å². The minimum atomic E-state index is -4.41. The van der Waals surface area contributed by atoms with E-state index in [2.05, 4.69) is 38.9 Å². The van der Waals surface area contributed by atoms with Crippen LogP contribution < -0.4 is 5.32 Å². The first kappa shape index (κ1) is 29.1. The molecule has 2 fully saturated rings. The summed E-state index contributed by atoms with van der Waals surface area (Å²) in [5, 5.41) is 3.55. The maximum absolute atomic E-state index is 13.3. The molecule has 2 aliphatic carbocycles. The number of anilines is 1. The van der Waals surface area contributed by atoms with Crippen molar-refractivity contribution in [2.45, 2.75) is 82.5 Å². The van der Waals surface area contributed by atoms with E-state index in [1.165, 1.54) is 31.2 Å². The predicted molar refractivity (Wildman–Crippen MR) is 158 cm³/mol. The van der Waals surface area contributed by atoms with Crippen LogP contribution >= 0.6 is 0 Å². The molecule has 2 aromatic carbocycles. The Labute approximate surface area is 248 Å². The molecule has 6 rings (SSSR count). The Kier molecular flexibility index (Phi) is 8.11. The predicted octanol–water partition coefficient (Wildman–Crippen LogP) is 7.72. The van der Waals surface area contributed by atoms with Gasteiger partial charge >= 0.3 is 12.1 Å². The number of nitrogens with zero attached hydrogens (tertiary/aromatic N) is 4. The van der Waals surface area contributed by atoms with Crippen LogP contribution in [0, 0.1) is 5.92 Å². The van der Waals surface area contributed by atoms with E-state index in [-0.39, 0.29) is 30.2 Å². The van der Waals surface area contributed by atoms with Crippen LogP contribution in [0.3, 0.4) is 0 Å². The fourth-order valence-corrected chi connectivity index (χ4v) is 6.57. The highest BCUT2D eigenvalue weighted by molar-refractivity contribution is 5.91. The Morgan fingerprint density at radius 2 is 1.65 bits per heavy atom. The summed E-state index contributed by atoms with van der Waals surface area (Å²) in [6, 6.07) is 15.8. The summed E-state index contributed by atoms with van der Waals surface area (Å²) in [6.45, 7) is 2.40. The lowest BCUT2D eigenvalue weighted by Gasteiger charge is -2.33. The zero-order valence-corrected chi connectivity index (χ0v) is 24.4. The van der Waals surface area contributed by atoms with Gasteiger partial charge < -0.3 is 14.6 Å². The van der Waals surface area contributed by atoms with E-state index < -0.39 is 17.7 Å². The molecule has 0 aliphatic heterocycles. The fraction of sp³-hybridized carbons (Fsp3) is 0.455. The molecule has 2 aromatic heterocycles. The van der Waals surface area contributed by atoms with Crippen LogP contribution in [-0.4, -0.2) is 38.6 Å². The number of rotatable bonds is 8. The van der Waals surface area contributed by atoms with Gasteiger partial charge in [0.15, 0.2) is 11.5 Å². The van der Waals surface area contributed by atoms with Crippen LogP contribution in [0.1, 0.15) is 96.8 Å². The van der Waals surface area contributed by atoms with Gasteiger partial charge in [0.05, 0.1) is 12.7 Å². The summed E-state index contributed by atoms with van der Waals surface area (Å²) >= 11 is 0. The number of alkyl halides is 3. The van der Waals surface area contributed by atoms with Gasteiger partial charge in [-0.1, -0.05) is 61.7 Å². The lowest BCUT2D eigenvalue weighted by atomic mass is 9.75. The number of carbonyl (C=O) groups is 1. The first-order chi connectivity index (χ1) is 20.7. The summed E-state index contributed by atoms with van der Waals surface area (Å²) < 4.78 is 47.1. The monoisotopic (exact) mass is 591 g/mol. The molecule has 2 unspecified atom stereocenters. The third-order valence-electron chi connectivity index (χ3n) is 9.17. The van der Waals surface area contributed by atoms with Gasteiger partial charge in [-0.2, -0.15) is 13.2 Å². The van der Waals surface area contributed by atoms with Crippen LogP contribution in [-0.2, 0) is 17.5 Å². The maximum atomic E-state index is 13.3. The molecular weight excluding hydrogens is 555 g/mol. The van der Waals surface area contributed by atoms with E-state index in [9.17, 15) is 18.0 Å². The third-order valence-corrected chi connectivity index (χ3v) is 9.17. The Hall–Kier alpha value is -3.95. The maximum Gasteiger partial charge on any atom is 0.416 e. The first-order valence-corrected chi connectivity index (χ1v) is 15.1. The SMILES string of the molecule is COC(=O)c1nc(N[C@H](C)C2CCC2)c2c(n1)nc(C1CCCCC1c1ccccc1)n2Cc1ccc(C(F)(F)F)cc1. The number of methoxy groups -OCH3 is 1. The van der Waals surface area contributed by atoms with Crippen molar-refractivity contribution in [3.8, 4) is 0 Å². The van der Waals surface area contributed by atoms with Gasteiger partial charge in [-0.05, 0) is 67.7 Å². The highest BCUT2D eigenvalue weighted by Gasteiger charge is 2.35. The number of imidazole rings is 1. The molecule has 226 valence electrons. The molecule has 2 heterocycles. The summed E-state index contributed by atoms with van der Waals surface area (Å²) in [6.07, 6.45) is 3.06. The van der Waals surface area contributed by atoms with E-state index >= 15 is 0 Å². The standard InChI is InChI=1S/C33H36F3N5O2/c1-20(22-11-8-12-22)37-28-27-29(39-30(38-28)32(42)43-2)40-31(26-14-7-6-13-25(26)23-9-4-3-5-10-23)41(27)19-21-15-17-24(18-16-21)33(34,35)36/h3-5,9-10,15-18,20,22,25-26H,6-8,11-14,19H2,1-2H3,(H,37,38,39)/t20-,25?,26?/m1/s1. The van der Waals surface area contributed by atoms with Crippen molar-refractivity contribution >= 4 is 23.0 Å². The topological polar surface area (TPSA) is 81.9 Å². The lowest BCUT2D eigenvalue weighted by molar-refractivity contribution is -0.137. The van der Waals surface area contributed by atoms with Crippen molar-refractivity contribution in [2.24, 2.45) is 5.92 Å². The summed E-state index contributed by atoms with van der Waals surface area (Å²) in [5.74, 6) is 1.32. The largest absolute Gasteiger partial charge is 0.463 e. The van der Waals surface area contributed by atoms with Gasteiger partial charge in [-0.3, -0.25) is 0 Å². The number of ether oxygens (including phenoxy) is 1. The lowest BCUT2D eigenvalue weighted by Crippen LogP contribution is -2.31. The van der Waals surface area contributed by atoms with Crippen molar-refractivity contribution in [3.63, 3.8) is 0 Å². The molecule has 0 radical (unpaired) electrons. The van der Waals surface area contributed by atoms with Crippen LogP contribution in [0.25, 0.3) is 11.2 Å². The first-order valence-electron chi connectivity index (χ1n) is 15.1. The Morgan fingerprint density at radius 3 is 2.28 bits per heavy atom. The number of fused-ring (bicyclic) bond motifs is 1. The fourth-order valence-electron chi connectivity index (χ4n) is 6.57. The number of carbonyl (C=O) groups excluding carboxylic acids is 1. The number of aromatic nitrogens is 4. The van der Waals surface area contributed by atoms with E-state index in [0.29, 0.717) is 28.5 Å². The van der Waals surface area contributed by atoms with E-state index in [0.717, 1.165) is 56.5 Å². The smallest absolute Gasteiger partial charge is 0.416 e. The molecule has 0 saturated heterocycles. The highest BCUT2D eigenvalue weighted by atomic mass is 19.4. The Morgan fingerprint density at radius 1 is 0.953 bits per heavy atom. The van der Waals surface area contributed by atoms with E-state index in [4.69, 9.17) is 9.72 Å². The zero-order chi connectivity index (χ0) is 30.1. The van der Waals surface area contributed by atoms with Crippen molar-refractivity contribution in [3.05, 3.63) is 82.9 Å². The van der Waals surface area contributed by atoms with Crippen LogP contribution in [0.15, 0.2) is 54.6 Å². The van der Waals surface area contributed by atoms with Gasteiger partial charge in [0.1, 0.15) is 11.3 Å². The van der Waals surface area contributed by atoms with Crippen molar-refractivity contribution in [2.75, 3.05) is 12.4 Å². The van der Waals surface area contributed by atoms with Crippen molar-refractivity contribution in [1.29, 1.82) is 0 Å². The second kappa shape index (κ2) is 12.0. The Bertz CT molecular complexity index is 1580. The summed E-state index contributed by atoms with van der Waals surface area (Å²) in [5.41, 5.74) is 2.27. The molecule has 10 heteroatoms. The number of halogens is 3. The van der Waals surface area contributed by atoms with E-state index in [1.807, 2.05) is 18.2 Å². The number of hydrogen-bond acceptors (Lipinski definition) is 6. The molecular formula is C33H36F3N5O2. The second-order valence-electron chi connectivity index (χ2n) is 11.8. The summed E-state index contributed by atoms with van der Waals surface area (Å²) in [4.78, 5) is 26.9. The molecule has 2 saturated carbocycles. The molecule has 0 bridgehead atoms. The van der Waals surface area contributed by atoms with Crippen LogP contribution in [0.5, 0.6) is 0 Å². The normalized spacial score (nSPS) is 20.0. The van der Waals surface area contributed by atoms with Gasteiger partial charge in [-0.25, -0.2) is 19.7 Å². The number of hydrogen-bond donors (Lipinski definition) is 1. The minimum Gasteiger partial charge on any atom is -0.463 e. The molecule has 7 nitrogen and oxygen atoms in total. The molecule has 43 heavy (non-hydrogen) atoms. The number of benzene rings is 2. The van der Waals surface area contributed by atoms with Gasteiger partial charge in [0.2, 0.25) is 5.82 Å². The van der Waals surface area contributed by atoms with E-state index in [1.54, 1.807) is 0 Å². The average molecular weight is 592 g/mol. The Balaban J connectivity index is 1.51. The van der Waals surface area contributed by atoms with Crippen molar-refractivity contribution in [1.82, 2.24) is 19.5 Å². The molecule has 4 aromatic rings. The highest BCUT2D eigenvalue weighted by Crippen LogP contribution is 2.45. The molecule has 1 N–H and O–H groups in total. The molecule has 0 spiro atoms. The quantitative estimate of drug-likeness (QED) is 0.211. The number of esters is 1. The molecule has 3 atom stereocenters. The molecule has 2 aliphatic rings. The van der Waals surface area contributed by atoms with Gasteiger partial charge in [0, 0.05) is 18.5 Å². The minimum absolute atomic E-state index is 0.0540. The third kappa shape index (κ3) is 5.96. The van der Waals surface area contributed by atoms with Crippen molar-refractivity contribution < 1.29 is 22.7 Å². The molecule has 0 amide bonds. The second-order valence-corrected chi connectivity index (χ2v) is 11.8. The average Bonchev–Trinajstić information content (AvgIpc) is 3.34. The number of nitrogens with one attached hydrogen (secondary N) is 1. The van der Waals surface area contributed by atoms with Gasteiger partial charge in [0.25, 0.3) is 0 Å². The summed E-state index contributed by atoms with van der Waals surface area (Å²) in [7, 11) is 1.29. The van der Waals surface area contributed by atoms with Crippen LogP contribution in [0.4, 0.5) is 19.0 Å². The zero-order valence-electron chi connectivity index (χ0n) is 24.4.